The smallest absolute Gasteiger partial charge is 0.368 e. The predicted molar refractivity (Wildman–Crippen MR) is 88.3 cm³/mol. The number of amides is 3. The lowest BCUT2D eigenvalue weighted by Gasteiger charge is -2.24. The molecular formula is C16H17F3N6O2. The number of rotatable bonds is 3. The van der Waals surface area contributed by atoms with Gasteiger partial charge in [-0.25, -0.2) is 14.3 Å². The van der Waals surface area contributed by atoms with E-state index in [2.05, 4.69) is 20.7 Å². The Labute approximate surface area is 151 Å². The van der Waals surface area contributed by atoms with Crippen molar-refractivity contribution in [2.24, 2.45) is 5.92 Å². The van der Waals surface area contributed by atoms with E-state index in [1.54, 1.807) is 18.5 Å². The summed E-state index contributed by atoms with van der Waals surface area (Å²) in [5.74, 6) is -1.62. The van der Waals surface area contributed by atoms with Crippen LogP contribution in [0.1, 0.15) is 24.5 Å². The van der Waals surface area contributed by atoms with Crippen LogP contribution in [0.25, 0.3) is 5.65 Å². The van der Waals surface area contributed by atoms with Gasteiger partial charge in [0.25, 0.3) is 0 Å². The van der Waals surface area contributed by atoms with Crippen molar-refractivity contribution in [3.05, 3.63) is 24.2 Å². The summed E-state index contributed by atoms with van der Waals surface area (Å²) in [4.78, 5) is 29.5. The summed E-state index contributed by atoms with van der Waals surface area (Å²) >= 11 is 0. The van der Waals surface area contributed by atoms with Crippen molar-refractivity contribution in [1.82, 2.24) is 25.2 Å². The van der Waals surface area contributed by atoms with E-state index in [0.29, 0.717) is 30.0 Å². The van der Waals surface area contributed by atoms with Crippen molar-refractivity contribution in [2.75, 3.05) is 24.5 Å². The van der Waals surface area contributed by atoms with E-state index < -0.39 is 36.4 Å². The summed E-state index contributed by atoms with van der Waals surface area (Å²) in [5, 5.41) is 9.13. The molecule has 2 saturated heterocycles. The highest BCUT2D eigenvalue weighted by atomic mass is 19.4. The van der Waals surface area contributed by atoms with E-state index in [4.69, 9.17) is 0 Å². The molecule has 11 heteroatoms. The van der Waals surface area contributed by atoms with Crippen LogP contribution in [0.5, 0.6) is 0 Å². The quantitative estimate of drug-likeness (QED) is 0.838. The molecule has 0 aliphatic carbocycles. The first-order valence-electron chi connectivity index (χ1n) is 8.55. The zero-order valence-corrected chi connectivity index (χ0v) is 14.2. The maximum atomic E-state index is 12.7. The van der Waals surface area contributed by atoms with Gasteiger partial charge in [0.05, 0.1) is 17.3 Å². The first kappa shape index (κ1) is 17.6. The van der Waals surface area contributed by atoms with Gasteiger partial charge in [0.15, 0.2) is 5.65 Å². The van der Waals surface area contributed by atoms with Crippen LogP contribution >= 0.6 is 0 Å². The fraction of sp³-hybridized carbons (Fsp3) is 0.500. The number of alkyl halides is 3. The Morgan fingerprint density at radius 3 is 2.85 bits per heavy atom. The topological polar surface area (TPSA) is 91.6 Å². The fourth-order valence-electron chi connectivity index (χ4n) is 3.64. The van der Waals surface area contributed by atoms with Gasteiger partial charge in [-0.2, -0.15) is 18.3 Å². The molecular weight excluding hydrogens is 365 g/mol. The minimum atomic E-state index is -4.19. The average Bonchev–Trinajstić information content (AvgIpc) is 3.21. The fourth-order valence-corrected chi connectivity index (χ4v) is 3.64. The van der Waals surface area contributed by atoms with Gasteiger partial charge in [0, 0.05) is 38.4 Å². The number of fused-ring (bicyclic) bond motifs is 1. The number of nitrogens with zero attached hydrogens (tertiary/aromatic N) is 4. The summed E-state index contributed by atoms with van der Waals surface area (Å²) in [5.41, 5.74) is 1.58. The summed E-state index contributed by atoms with van der Waals surface area (Å²) in [6.45, 7) is 0.841. The summed E-state index contributed by atoms with van der Waals surface area (Å²) < 4.78 is 39.6. The Bertz CT molecular complexity index is 896. The zero-order chi connectivity index (χ0) is 19.2. The first-order valence-corrected chi connectivity index (χ1v) is 8.55. The minimum absolute atomic E-state index is 0.105. The van der Waals surface area contributed by atoms with Gasteiger partial charge in [-0.1, -0.05) is 0 Å². The van der Waals surface area contributed by atoms with Crippen molar-refractivity contribution in [3.8, 4) is 0 Å². The lowest BCUT2D eigenvalue weighted by molar-refractivity contribution is -0.142. The van der Waals surface area contributed by atoms with Crippen molar-refractivity contribution >= 4 is 23.3 Å². The molecule has 0 saturated carbocycles. The van der Waals surface area contributed by atoms with Gasteiger partial charge in [0.1, 0.15) is 0 Å². The third-order valence-corrected chi connectivity index (χ3v) is 4.88. The largest absolute Gasteiger partial charge is 0.389 e. The van der Waals surface area contributed by atoms with Crippen LogP contribution in [0.4, 0.5) is 23.7 Å². The number of carbonyl (C=O) groups is 2. The summed E-state index contributed by atoms with van der Waals surface area (Å²) in [6, 6.07) is 1.12. The Hall–Kier alpha value is -2.85. The number of anilines is 1. The molecule has 2 aromatic rings. The molecule has 144 valence electrons. The maximum Gasteiger partial charge on any atom is 0.389 e. The monoisotopic (exact) mass is 382 g/mol. The van der Waals surface area contributed by atoms with Crippen molar-refractivity contribution < 1.29 is 22.8 Å². The molecule has 0 aromatic carbocycles. The molecule has 4 rings (SSSR count). The zero-order valence-electron chi connectivity index (χ0n) is 14.2. The highest BCUT2D eigenvalue weighted by molar-refractivity contribution is 6.00. The average molecular weight is 382 g/mol. The van der Waals surface area contributed by atoms with Gasteiger partial charge < -0.3 is 10.2 Å². The van der Waals surface area contributed by atoms with E-state index in [0.717, 1.165) is 0 Å². The number of nitrogens with one attached hydrogen (secondary N) is 2. The van der Waals surface area contributed by atoms with E-state index in [9.17, 15) is 22.8 Å². The van der Waals surface area contributed by atoms with E-state index in [1.165, 1.54) is 4.52 Å². The predicted octanol–water partition coefficient (Wildman–Crippen LogP) is 1.43. The van der Waals surface area contributed by atoms with Crippen molar-refractivity contribution in [1.29, 1.82) is 0 Å². The van der Waals surface area contributed by atoms with Crippen LogP contribution in [-0.4, -0.2) is 52.3 Å². The highest BCUT2D eigenvalue weighted by Gasteiger charge is 2.36. The number of imide groups is 1. The van der Waals surface area contributed by atoms with Crippen LogP contribution in [-0.2, 0) is 4.79 Å². The van der Waals surface area contributed by atoms with Gasteiger partial charge in [-0.3, -0.25) is 10.1 Å². The molecule has 2 atom stereocenters. The van der Waals surface area contributed by atoms with Gasteiger partial charge in [0.2, 0.25) is 5.91 Å². The van der Waals surface area contributed by atoms with Gasteiger partial charge in [-0.05, 0) is 18.4 Å². The number of halogens is 3. The lowest BCUT2D eigenvalue weighted by Crippen LogP contribution is -2.51. The second kappa shape index (κ2) is 6.39. The van der Waals surface area contributed by atoms with Crippen LogP contribution in [0, 0.1) is 5.92 Å². The Balaban J connectivity index is 1.64. The molecule has 8 nitrogen and oxygen atoms in total. The number of hydrogen-bond donors (Lipinski definition) is 2. The number of aromatic nitrogens is 3. The molecule has 2 N–H and O–H groups in total. The highest BCUT2D eigenvalue weighted by Crippen LogP contribution is 2.34. The van der Waals surface area contributed by atoms with E-state index in [1.807, 2.05) is 4.90 Å². The molecule has 2 aliphatic rings. The number of imidazole rings is 1. The Kier molecular flexibility index (Phi) is 4.16. The molecule has 3 amide bonds. The molecule has 27 heavy (non-hydrogen) atoms. The second-order valence-corrected chi connectivity index (χ2v) is 6.82. The maximum absolute atomic E-state index is 12.7. The van der Waals surface area contributed by atoms with Crippen molar-refractivity contribution in [2.45, 2.75) is 24.9 Å². The molecule has 0 bridgehead atoms. The third kappa shape index (κ3) is 3.53. The SMILES string of the molecule is O=C1NCC(c2cc(N3CCC(CC(F)(F)F)C3)c3nccn3n2)C(=O)N1. The molecule has 2 aliphatic heterocycles. The van der Waals surface area contributed by atoms with Crippen molar-refractivity contribution in [3.63, 3.8) is 0 Å². The standard InChI is InChI=1S/C16H17F3N6O2/c17-16(18,19)6-9-1-3-24(8-9)12-5-11(23-25-4-2-20-13(12)25)10-7-21-15(27)22-14(10)26/h2,4-5,9-10H,1,3,6-8H2,(H2,21,22,26,27). The van der Waals surface area contributed by atoms with Gasteiger partial charge in [-0.15, -0.1) is 0 Å². The number of urea groups is 1. The Morgan fingerprint density at radius 2 is 2.11 bits per heavy atom. The summed E-state index contributed by atoms with van der Waals surface area (Å²) in [6.07, 6.45) is -1.41. The lowest BCUT2D eigenvalue weighted by atomic mass is 10.0. The minimum Gasteiger partial charge on any atom is -0.368 e. The summed E-state index contributed by atoms with van der Waals surface area (Å²) in [7, 11) is 0. The van der Waals surface area contributed by atoms with Crippen LogP contribution in [0.2, 0.25) is 0 Å². The molecule has 0 spiro atoms. The van der Waals surface area contributed by atoms with E-state index >= 15 is 0 Å². The first-order chi connectivity index (χ1) is 12.8. The molecule has 2 unspecified atom stereocenters. The molecule has 2 aromatic heterocycles. The van der Waals surface area contributed by atoms with Crippen LogP contribution < -0.4 is 15.5 Å². The number of carbonyl (C=O) groups excluding carboxylic acids is 2. The Morgan fingerprint density at radius 1 is 1.30 bits per heavy atom. The molecule has 0 radical (unpaired) electrons. The molecule has 4 heterocycles. The molecule has 2 fully saturated rings. The number of hydrogen-bond acceptors (Lipinski definition) is 5. The van der Waals surface area contributed by atoms with Gasteiger partial charge >= 0.3 is 12.2 Å². The second-order valence-electron chi connectivity index (χ2n) is 6.82. The normalized spacial score (nSPS) is 23.6. The third-order valence-electron chi connectivity index (χ3n) is 4.88. The van der Waals surface area contributed by atoms with Crippen LogP contribution in [0.3, 0.4) is 0 Å². The van der Waals surface area contributed by atoms with Crippen LogP contribution in [0.15, 0.2) is 18.5 Å². The van der Waals surface area contributed by atoms with E-state index in [-0.39, 0.29) is 13.1 Å².